The summed E-state index contributed by atoms with van der Waals surface area (Å²) in [6.45, 7) is 3.98. The van der Waals surface area contributed by atoms with E-state index in [1.165, 1.54) is 6.07 Å². The van der Waals surface area contributed by atoms with Crippen LogP contribution in [0.4, 0.5) is 4.39 Å². The molecular weight excluding hydrogens is 299 g/mol. The summed E-state index contributed by atoms with van der Waals surface area (Å²) in [5, 5.41) is 3.95. The maximum Gasteiger partial charge on any atom is 0.250 e. The highest BCUT2D eigenvalue weighted by molar-refractivity contribution is 8.00. The lowest BCUT2D eigenvalue weighted by Crippen LogP contribution is -2.19. The Balaban J connectivity index is 1.86. The molecule has 0 atom stereocenters. The van der Waals surface area contributed by atoms with E-state index in [4.69, 9.17) is 0 Å². The van der Waals surface area contributed by atoms with Gasteiger partial charge in [0.05, 0.1) is 12.0 Å². The zero-order valence-electron chi connectivity index (χ0n) is 12.5. The van der Waals surface area contributed by atoms with Gasteiger partial charge in [-0.2, -0.15) is 5.10 Å². The summed E-state index contributed by atoms with van der Waals surface area (Å²) < 4.78 is 13.4. The minimum absolute atomic E-state index is 0.116. The number of hydrazone groups is 1. The molecule has 0 saturated heterocycles. The van der Waals surface area contributed by atoms with Gasteiger partial charge in [-0.15, -0.1) is 11.8 Å². The van der Waals surface area contributed by atoms with Gasteiger partial charge in [0.2, 0.25) is 5.91 Å². The summed E-state index contributed by atoms with van der Waals surface area (Å²) in [6.07, 6.45) is 1.62. The predicted octanol–water partition coefficient (Wildman–Crippen LogP) is 3.68. The van der Waals surface area contributed by atoms with E-state index in [1.807, 2.05) is 32.0 Å². The van der Waals surface area contributed by atoms with Crippen LogP contribution in [0.3, 0.4) is 0 Å². The van der Waals surface area contributed by atoms with Gasteiger partial charge < -0.3 is 0 Å². The molecule has 0 aliphatic carbocycles. The average Bonchev–Trinajstić information content (AvgIpc) is 2.50. The van der Waals surface area contributed by atoms with Crippen LogP contribution in [-0.2, 0) is 4.79 Å². The molecule has 2 rings (SSSR count). The van der Waals surface area contributed by atoms with Crippen LogP contribution in [0.1, 0.15) is 16.7 Å². The molecule has 0 heterocycles. The van der Waals surface area contributed by atoms with Gasteiger partial charge in [-0.25, -0.2) is 9.82 Å². The Hall–Kier alpha value is -2.14. The zero-order chi connectivity index (χ0) is 15.9. The van der Waals surface area contributed by atoms with Crippen molar-refractivity contribution in [3.05, 3.63) is 65.0 Å². The number of hydrogen-bond acceptors (Lipinski definition) is 3. The lowest BCUT2D eigenvalue weighted by molar-refractivity contribution is -0.118. The van der Waals surface area contributed by atoms with E-state index in [2.05, 4.69) is 10.5 Å². The monoisotopic (exact) mass is 316 g/mol. The Labute approximate surface area is 133 Å². The number of amides is 1. The van der Waals surface area contributed by atoms with Gasteiger partial charge in [-0.3, -0.25) is 4.79 Å². The van der Waals surface area contributed by atoms with Crippen molar-refractivity contribution < 1.29 is 9.18 Å². The Morgan fingerprint density at radius 3 is 2.82 bits per heavy atom. The summed E-state index contributed by atoms with van der Waals surface area (Å²) in [4.78, 5) is 12.2. The van der Waals surface area contributed by atoms with E-state index >= 15 is 0 Å². The molecule has 2 aromatic carbocycles. The molecule has 0 unspecified atom stereocenters. The smallest absolute Gasteiger partial charge is 0.250 e. The van der Waals surface area contributed by atoms with Crippen molar-refractivity contribution in [2.24, 2.45) is 5.10 Å². The number of carbonyl (C=O) groups excluding carboxylic acids is 1. The average molecular weight is 316 g/mol. The van der Waals surface area contributed by atoms with Crippen LogP contribution < -0.4 is 5.43 Å². The van der Waals surface area contributed by atoms with Crippen LogP contribution >= 0.6 is 11.8 Å². The summed E-state index contributed by atoms with van der Waals surface area (Å²) in [5.41, 5.74) is 5.64. The van der Waals surface area contributed by atoms with Crippen LogP contribution in [0, 0.1) is 19.7 Å². The van der Waals surface area contributed by atoms with E-state index in [9.17, 15) is 9.18 Å². The normalized spacial score (nSPS) is 10.9. The van der Waals surface area contributed by atoms with Crippen LogP contribution in [0.2, 0.25) is 0 Å². The first-order valence-electron chi connectivity index (χ1n) is 6.83. The van der Waals surface area contributed by atoms with E-state index in [1.54, 1.807) is 24.4 Å². The molecule has 0 bridgehead atoms. The first-order valence-corrected chi connectivity index (χ1v) is 7.81. The summed E-state index contributed by atoms with van der Waals surface area (Å²) in [6, 6.07) is 12.4. The highest BCUT2D eigenvalue weighted by Crippen LogP contribution is 2.20. The largest absolute Gasteiger partial charge is 0.272 e. The summed E-state index contributed by atoms with van der Waals surface area (Å²) >= 11 is 1.15. The quantitative estimate of drug-likeness (QED) is 0.519. The Bertz CT molecular complexity index is 701. The second kappa shape index (κ2) is 7.75. The highest BCUT2D eigenvalue weighted by Gasteiger charge is 2.05. The number of carbonyl (C=O) groups is 1. The van der Waals surface area contributed by atoms with Crippen molar-refractivity contribution in [2.45, 2.75) is 18.7 Å². The van der Waals surface area contributed by atoms with Gasteiger partial charge in [0, 0.05) is 4.90 Å². The molecule has 114 valence electrons. The van der Waals surface area contributed by atoms with Gasteiger partial charge in [0.15, 0.2) is 0 Å². The fourth-order valence-electron chi connectivity index (χ4n) is 1.81. The van der Waals surface area contributed by atoms with Crippen LogP contribution in [0.15, 0.2) is 52.5 Å². The SMILES string of the molecule is Cc1ccc(C)c(/C=N\NC(=O)CSc2ccccc2F)c1. The third-order valence-electron chi connectivity index (χ3n) is 3.02. The maximum absolute atomic E-state index is 13.4. The highest BCUT2D eigenvalue weighted by atomic mass is 32.2. The van der Waals surface area contributed by atoms with E-state index in [0.29, 0.717) is 4.90 Å². The van der Waals surface area contributed by atoms with E-state index < -0.39 is 0 Å². The molecule has 0 aromatic heterocycles. The Kier molecular flexibility index (Phi) is 5.72. The van der Waals surface area contributed by atoms with Gasteiger partial charge in [-0.1, -0.05) is 35.9 Å². The standard InChI is InChI=1S/C17H17FN2OS/c1-12-7-8-13(2)14(9-12)10-19-20-17(21)11-22-16-6-4-3-5-15(16)18/h3-10H,11H2,1-2H3,(H,20,21)/b19-10-. The topological polar surface area (TPSA) is 41.5 Å². The first-order chi connectivity index (χ1) is 10.6. The Morgan fingerprint density at radius 2 is 2.05 bits per heavy atom. The van der Waals surface area contributed by atoms with Crippen LogP contribution in [0.25, 0.3) is 0 Å². The first kappa shape index (κ1) is 16.2. The lowest BCUT2D eigenvalue weighted by Gasteiger charge is -2.03. The number of rotatable bonds is 5. The molecule has 0 spiro atoms. The molecular formula is C17H17FN2OS. The number of nitrogens with one attached hydrogen (secondary N) is 1. The minimum Gasteiger partial charge on any atom is -0.272 e. The van der Waals surface area contributed by atoms with E-state index in [0.717, 1.165) is 28.5 Å². The second-order valence-corrected chi connectivity index (χ2v) is 5.89. The lowest BCUT2D eigenvalue weighted by atomic mass is 10.1. The number of aryl methyl sites for hydroxylation is 2. The molecule has 0 aliphatic rings. The third-order valence-corrected chi connectivity index (χ3v) is 4.07. The molecule has 2 aromatic rings. The molecule has 5 heteroatoms. The van der Waals surface area contributed by atoms with Crippen molar-refractivity contribution in [2.75, 3.05) is 5.75 Å². The Morgan fingerprint density at radius 1 is 1.27 bits per heavy atom. The molecule has 22 heavy (non-hydrogen) atoms. The number of benzene rings is 2. The number of hydrogen-bond donors (Lipinski definition) is 1. The molecule has 3 nitrogen and oxygen atoms in total. The van der Waals surface area contributed by atoms with Gasteiger partial charge >= 0.3 is 0 Å². The summed E-state index contributed by atoms with van der Waals surface area (Å²) in [5.74, 6) is -0.473. The summed E-state index contributed by atoms with van der Waals surface area (Å²) in [7, 11) is 0. The van der Waals surface area contributed by atoms with Gasteiger partial charge in [0.1, 0.15) is 5.82 Å². The molecule has 0 aliphatic heterocycles. The minimum atomic E-state index is -0.320. The molecule has 0 radical (unpaired) electrons. The molecule has 1 amide bonds. The van der Waals surface area contributed by atoms with Crippen molar-refractivity contribution in [1.29, 1.82) is 0 Å². The van der Waals surface area contributed by atoms with E-state index in [-0.39, 0.29) is 17.5 Å². The fourth-order valence-corrected chi connectivity index (χ4v) is 2.54. The molecule has 0 fully saturated rings. The van der Waals surface area contributed by atoms with Crippen molar-refractivity contribution in [3.63, 3.8) is 0 Å². The predicted molar refractivity (Wildman–Crippen MR) is 88.8 cm³/mol. The van der Waals surface area contributed by atoms with Crippen molar-refractivity contribution >= 4 is 23.9 Å². The number of thioether (sulfide) groups is 1. The van der Waals surface area contributed by atoms with Gasteiger partial charge in [0.25, 0.3) is 0 Å². The number of halogens is 1. The van der Waals surface area contributed by atoms with Crippen LogP contribution in [-0.4, -0.2) is 17.9 Å². The van der Waals surface area contributed by atoms with Crippen LogP contribution in [0.5, 0.6) is 0 Å². The maximum atomic E-state index is 13.4. The van der Waals surface area contributed by atoms with Crippen molar-refractivity contribution in [1.82, 2.24) is 5.43 Å². The zero-order valence-corrected chi connectivity index (χ0v) is 13.3. The van der Waals surface area contributed by atoms with Crippen molar-refractivity contribution in [3.8, 4) is 0 Å². The molecule has 0 saturated carbocycles. The molecule has 1 N–H and O–H groups in total. The van der Waals surface area contributed by atoms with Gasteiger partial charge in [-0.05, 0) is 37.1 Å². The number of nitrogens with zero attached hydrogens (tertiary/aromatic N) is 1. The third kappa shape index (κ3) is 4.70. The second-order valence-electron chi connectivity index (χ2n) is 4.87. The fraction of sp³-hybridized carbons (Fsp3) is 0.176.